The molecule has 0 saturated carbocycles. The monoisotopic (exact) mass is 283 g/mol. The highest BCUT2D eigenvalue weighted by Gasteiger charge is 2.08. The van der Waals surface area contributed by atoms with Crippen LogP contribution in [0.5, 0.6) is 0 Å². The Morgan fingerprint density at radius 1 is 1.32 bits per heavy atom. The van der Waals surface area contributed by atoms with E-state index in [2.05, 4.69) is 11.9 Å². The summed E-state index contributed by atoms with van der Waals surface area (Å²) in [4.78, 5) is 11.6. The van der Waals surface area contributed by atoms with Gasteiger partial charge in [0.1, 0.15) is 0 Å². The molecule has 0 aromatic heterocycles. The zero-order valence-electron chi connectivity index (χ0n) is 11.0. The number of hydrogen-bond donors (Lipinski definition) is 1. The van der Waals surface area contributed by atoms with Gasteiger partial charge in [0.05, 0.1) is 11.5 Å². The summed E-state index contributed by atoms with van der Waals surface area (Å²) in [6.45, 7) is 5.89. The third-order valence-electron chi connectivity index (χ3n) is 2.35. The summed E-state index contributed by atoms with van der Waals surface area (Å²) in [7, 11) is -3.19. The second kappa shape index (κ2) is 6.38. The molecule has 0 fully saturated rings. The van der Waals surface area contributed by atoms with Crippen LogP contribution in [0.4, 0.5) is 5.69 Å². The van der Waals surface area contributed by atoms with Crippen molar-refractivity contribution >= 4 is 21.5 Å². The predicted octanol–water partition coefficient (Wildman–Crippen LogP) is 1.62. The van der Waals surface area contributed by atoms with Crippen molar-refractivity contribution in [3.8, 4) is 0 Å². The summed E-state index contributed by atoms with van der Waals surface area (Å²) < 4.78 is 27.3. The van der Waals surface area contributed by atoms with Crippen LogP contribution in [-0.2, 0) is 19.4 Å². The summed E-state index contributed by atoms with van der Waals surface area (Å²) in [6, 6.07) is 6.28. The van der Waals surface area contributed by atoms with E-state index in [9.17, 15) is 13.2 Å². The van der Waals surface area contributed by atoms with E-state index in [1.54, 1.807) is 19.1 Å². The average molecular weight is 283 g/mol. The lowest BCUT2D eigenvalue weighted by Crippen LogP contribution is -2.14. The first-order chi connectivity index (χ1) is 8.84. The van der Waals surface area contributed by atoms with Gasteiger partial charge < -0.3 is 10.1 Å². The van der Waals surface area contributed by atoms with Crippen LogP contribution in [0.1, 0.15) is 6.92 Å². The van der Waals surface area contributed by atoms with Crippen LogP contribution < -0.4 is 5.32 Å². The van der Waals surface area contributed by atoms with E-state index in [4.69, 9.17) is 4.74 Å². The summed E-state index contributed by atoms with van der Waals surface area (Å²) >= 11 is 0. The van der Waals surface area contributed by atoms with Gasteiger partial charge >= 0.3 is 5.97 Å². The average Bonchev–Trinajstić information content (AvgIpc) is 2.35. The Hall–Kier alpha value is -1.82. The lowest BCUT2D eigenvalue weighted by Gasteiger charge is -2.08. The van der Waals surface area contributed by atoms with Gasteiger partial charge in [-0.3, -0.25) is 0 Å². The molecule has 0 atom stereocenters. The summed E-state index contributed by atoms with van der Waals surface area (Å²) in [6.07, 6.45) is 1.15. The Bertz CT molecular complexity index is 561. The fraction of sp³-hybridized carbons (Fsp3) is 0.308. The molecule has 0 aliphatic rings. The van der Waals surface area contributed by atoms with Crippen LogP contribution in [0, 0.1) is 0 Å². The van der Waals surface area contributed by atoms with E-state index in [0.717, 1.165) is 6.26 Å². The number of esters is 1. The maximum atomic E-state index is 11.3. The predicted molar refractivity (Wildman–Crippen MR) is 73.8 cm³/mol. The van der Waals surface area contributed by atoms with Crippen LogP contribution in [0.2, 0.25) is 0 Å². The molecule has 1 aromatic carbocycles. The lowest BCUT2D eigenvalue weighted by atomic mass is 10.2. The minimum atomic E-state index is -3.19. The fourth-order valence-corrected chi connectivity index (χ4v) is 1.96. The molecular weight excluding hydrogens is 266 g/mol. The van der Waals surface area contributed by atoms with Crippen LogP contribution in [0.25, 0.3) is 0 Å². The highest BCUT2D eigenvalue weighted by Crippen LogP contribution is 2.14. The van der Waals surface area contributed by atoms with Crippen LogP contribution >= 0.6 is 0 Å². The van der Waals surface area contributed by atoms with Gasteiger partial charge in [-0.1, -0.05) is 6.58 Å². The Morgan fingerprint density at radius 2 is 1.89 bits per heavy atom. The van der Waals surface area contributed by atoms with E-state index in [1.165, 1.54) is 12.1 Å². The topological polar surface area (TPSA) is 72.5 Å². The first-order valence-corrected chi connectivity index (χ1v) is 7.62. The molecule has 0 saturated heterocycles. The minimum absolute atomic E-state index is 0.247. The third kappa shape index (κ3) is 4.75. The number of nitrogens with one attached hydrogen (secondary N) is 1. The fourth-order valence-electron chi connectivity index (χ4n) is 1.33. The lowest BCUT2D eigenvalue weighted by molar-refractivity contribution is -0.138. The molecule has 6 heteroatoms. The number of rotatable bonds is 6. The van der Waals surface area contributed by atoms with Crippen molar-refractivity contribution in [3.63, 3.8) is 0 Å². The first kappa shape index (κ1) is 15.2. The molecular formula is C13H17NO4S. The largest absolute Gasteiger partial charge is 0.463 e. The van der Waals surface area contributed by atoms with E-state index < -0.39 is 15.8 Å². The van der Waals surface area contributed by atoms with E-state index >= 15 is 0 Å². The Balaban J connectivity index is 2.60. The van der Waals surface area contributed by atoms with E-state index in [-0.39, 0.29) is 11.4 Å². The van der Waals surface area contributed by atoms with Gasteiger partial charge in [0, 0.05) is 24.1 Å². The molecule has 0 spiro atoms. The van der Waals surface area contributed by atoms with Crippen molar-refractivity contribution < 1.29 is 17.9 Å². The van der Waals surface area contributed by atoms with Crippen molar-refractivity contribution in [1.82, 2.24) is 0 Å². The number of hydrogen-bond acceptors (Lipinski definition) is 5. The zero-order valence-corrected chi connectivity index (χ0v) is 11.8. The molecule has 0 unspecified atom stereocenters. The van der Waals surface area contributed by atoms with Crippen molar-refractivity contribution in [3.05, 3.63) is 36.4 Å². The molecule has 0 amide bonds. The SMILES string of the molecule is C=C(CNc1ccc(S(C)(=O)=O)cc1)C(=O)OCC. The second-order valence-electron chi connectivity index (χ2n) is 3.97. The van der Waals surface area contributed by atoms with Crippen LogP contribution in [0.15, 0.2) is 41.3 Å². The third-order valence-corrected chi connectivity index (χ3v) is 3.48. The quantitative estimate of drug-likeness (QED) is 0.634. The summed E-state index contributed by atoms with van der Waals surface area (Å²) in [5, 5.41) is 2.97. The van der Waals surface area contributed by atoms with Crippen molar-refractivity contribution in [2.75, 3.05) is 24.7 Å². The number of carbonyl (C=O) groups is 1. The molecule has 104 valence electrons. The maximum Gasteiger partial charge on any atom is 0.335 e. The summed E-state index contributed by atoms with van der Waals surface area (Å²) in [5.74, 6) is -0.442. The molecule has 0 bridgehead atoms. The Labute approximate surface area is 113 Å². The van der Waals surface area contributed by atoms with Crippen LogP contribution in [-0.4, -0.2) is 33.8 Å². The molecule has 0 aliphatic carbocycles. The molecule has 1 N–H and O–H groups in total. The molecule has 1 rings (SSSR count). The van der Waals surface area contributed by atoms with Crippen molar-refractivity contribution in [2.45, 2.75) is 11.8 Å². The van der Waals surface area contributed by atoms with Crippen molar-refractivity contribution in [1.29, 1.82) is 0 Å². The smallest absolute Gasteiger partial charge is 0.335 e. The first-order valence-electron chi connectivity index (χ1n) is 5.73. The number of sulfone groups is 1. The van der Waals surface area contributed by atoms with Gasteiger partial charge in [-0.2, -0.15) is 0 Å². The van der Waals surface area contributed by atoms with Gasteiger partial charge in [-0.05, 0) is 31.2 Å². The highest BCUT2D eigenvalue weighted by atomic mass is 32.2. The second-order valence-corrected chi connectivity index (χ2v) is 5.99. The molecule has 5 nitrogen and oxygen atoms in total. The number of ether oxygens (including phenoxy) is 1. The highest BCUT2D eigenvalue weighted by molar-refractivity contribution is 7.90. The maximum absolute atomic E-state index is 11.3. The summed E-state index contributed by atoms with van der Waals surface area (Å²) in [5.41, 5.74) is 1.02. The standard InChI is InChI=1S/C13H17NO4S/c1-4-18-13(15)10(2)9-14-11-5-7-12(8-6-11)19(3,16)17/h5-8,14H,2,4,9H2,1,3H3. The van der Waals surface area contributed by atoms with E-state index in [1.807, 2.05) is 0 Å². The zero-order chi connectivity index (χ0) is 14.5. The molecule has 19 heavy (non-hydrogen) atoms. The number of anilines is 1. The molecule has 0 heterocycles. The van der Waals surface area contributed by atoms with Gasteiger partial charge in [-0.15, -0.1) is 0 Å². The van der Waals surface area contributed by atoms with Crippen molar-refractivity contribution in [2.24, 2.45) is 0 Å². The van der Waals surface area contributed by atoms with Gasteiger partial charge in [0.2, 0.25) is 0 Å². The number of benzene rings is 1. The Kier molecular flexibility index (Phi) is 5.11. The molecule has 0 radical (unpaired) electrons. The van der Waals surface area contributed by atoms with Gasteiger partial charge in [-0.25, -0.2) is 13.2 Å². The Morgan fingerprint density at radius 3 is 2.37 bits per heavy atom. The van der Waals surface area contributed by atoms with Gasteiger partial charge in [0.15, 0.2) is 9.84 Å². The van der Waals surface area contributed by atoms with Gasteiger partial charge in [0.25, 0.3) is 0 Å². The number of carbonyl (C=O) groups excluding carboxylic acids is 1. The molecule has 0 aliphatic heterocycles. The molecule has 1 aromatic rings. The normalized spacial score (nSPS) is 10.8. The van der Waals surface area contributed by atoms with Crippen LogP contribution in [0.3, 0.4) is 0 Å². The van der Waals surface area contributed by atoms with E-state index in [0.29, 0.717) is 17.9 Å². The minimum Gasteiger partial charge on any atom is -0.463 e.